The zero-order chi connectivity index (χ0) is 20.4. The topological polar surface area (TPSA) is 84.0 Å². The second kappa shape index (κ2) is 8.13. The van der Waals surface area contributed by atoms with Gasteiger partial charge in [-0.1, -0.05) is 20.8 Å². The monoisotopic (exact) mass is 397 g/mol. The van der Waals surface area contributed by atoms with E-state index in [2.05, 4.69) is 47.2 Å². The number of carbonyl (C=O) groups excluding carboxylic acids is 1. The Kier molecular flexibility index (Phi) is 5.56. The number of ether oxygens (including phenoxy) is 1. The van der Waals surface area contributed by atoms with Crippen LogP contribution in [-0.4, -0.2) is 50.9 Å². The lowest BCUT2D eigenvalue weighted by atomic mass is 9.92. The summed E-state index contributed by atoms with van der Waals surface area (Å²) in [6.07, 6.45) is 6.39. The molecule has 29 heavy (non-hydrogen) atoms. The summed E-state index contributed by atoms with van der Waals surface area (Å²) in [5.74, 6) is 1.08. The molecular weight excluding hydrogens is 366 g/mol. The third-order valence-corrected chi connectivity index (χ3v) is 6.02. The lowest BCUT2D eigenvalue weighted by Gasteiger charge is -2.31. The van der Waals surface area contributed by atoms with Gasteiger partial charge in [0.05, 0.1) is 12.3 Å². The molecule has 1 aliphatic heterocycles. The zero-order valence-corrected chi connectivity index (χ0v) is 17.7. The number of rotatable bonds is 4. The molecule has 1 N–H and O–H groups in total. The van der Waals surface area contributed by atoms with Gasteiger partial charge in [-0.2, -0.15) is 10.2 Å². The third-order valence-electron chi connectivity index (χ3n) is 6.02. The average Bonchev–Trinajstić information content (AvgIpc) is 3.23. The van der Waals surface area contributed by atoms with Crippen molar-refractivity contribution >= 4 is 5.91 Å². The number of hydrogen-bond donors (Lipinski definition) is 1. The average molecular weight is 398 g/mol. The van der Waals surface area contributed by atoms with E-state index in [-0.39, 0.29) is 11.3 Å². The van der Waals surface area contributed by atoms with E-state index < -0.39 is 0 Å². The molecule has 0 bridgehead atoms. The van der Waals surface area contributed by atoms with Crippen molar-refractivity contribution in [2.24, 2.45) is 5.92 Å². The van der Waals surface area contributed by atoms with Gasteiger partial charge in [0.2, 0.25) is 5.88 Å². The number of aromatic amines is 1. The molecule has 156 valence electrons. The molecule has 7 heteroatoms. The summed E-state index contributed by atoms with van der Waals surface area (Å²) in [6, 6.07) is 3.94. The van der Waals surface area contributed by atoms with Crippen LogP contribution in [0.4, 0.5) is 0 Å². The number of aromatic nitrogens is 4. The number of nitrogens with one attached hydrogen (secondary N) is 1. The van der Waals surface area contributed by atoms with Crippen molar-refractivity contribution in [2.45, 2.75) is 64.7 Å². The summed E-state index contributed by atoms with van der Waals surface area (Å²) >= 11 is 0. The molecule has 2 aliphatic rings. The summed E-state index contributed by atoms with van der Waals surface area (Å²) in [5, 5.41) is 15.8. The molecule has 0 spiro atoms. The van der Waals surface area contributed by atoms with E-state index in [9.17, 15) is 4.79 Å². The van der Waals surface area contributed by atoms with Crippen LogP contribution in [-0.2, 0) is 18.3 Å². The summed E-state index contributed by atoms with van der Waals surface area (Å²) < 4.78 is 5.94. The normalized spacial score (nSPS) is 17.8. The number of aryl methyl sites for hydroxylation is 2. The van der Waals surface area contributed by atoms with E-state index in [1.165, 1.54) is 18.4 Å². The fourth-order valence-electron chi connectivity index (χ4n) is 4.02. The minimum Gasteiger partial charge on any atom is -0.476 e. The number of likely N-dealkylation sites (tertiary alicyclic amines) is 1. The highest BCUT2D eigenvalue weighted by molar-refractivity contribution is 5.92. The Morgan fingerprint density at radius 3 is 2.66 bits per heavy atom. The van der Waals surface area contributed by atoms with E-state index in [1.54, 1.807) is 0 Å². The van der Waals surface area contributed by atoms with E-state index in [1.807, 2.05) is 11.0 Å². The molecule has 1 amide bonds. The summed E-state index contributed by atoms with van der Waals surface area (Å²) in [7, 11) is 0. The highest BCUT2D eigenvalue weighted by Crippen LogP contribution is 2.25. The van der Waals surface area contributed by atoms with Gasteiger partial charge in [-0.25, -0.2) is 0 Å². The van der Waals surface area contributed by atoms with Gasteiger partial charge in [-0.3, -0.25) is 9.89 Å². The van der Waals surface area contributed by atoms with Gasteiger partial charge in [0.25, 0.3) is 5.91 Å². The maximum Gasteiger partial charge on any atom is 0.274 e. The maximum atomic E-state index is 12.8. The molecule has 4 rings (SSSR count). The van der Waals surface area contributed by atoms with Crippen LogP contribution in [0.1, 0.15) is 73.9 Å². The SMILES string of the molecule is CC(C)(C)c1cc(C(=O)N2CCC(COc3cc4c(nn3)CCCC4)CC2)n[nH]1. The van der Waals surface area contributed by atoms with Crippen molar-refractivity contribution in [1.82, 2.24) is 25.3 Å². The number of carbonyl (C=O) groups is 1. The summed E-state index contributed by atoms with van der Waals surface area (Å²) in [5.41, 5.74) is 3.86. The van der Waals surface area contributed by atoms with Crippen molar-refractivity contribution in [3.63, 3.8) is 0 Å². The molecule has 3 heterocycles. The Balaban J connectivity index is 1.27. The molecule has 1 aliphatic carbocycles. The van der Waals surface area contributed by atoms with Crippen LogP contribution in [0, 0.1) is 5.92 Å². The van der Waals surface area contributed by atoms with Gasteiger partial charge in [0.1, 0.15) is 5.69 Å². The van der Waals surface area contributed by atoms with Crippen molar-refractivity contribution in [2.75, 3.05) is 19.7 Å². The van der Waals surface area contributed by atoms with Gasteiger partial charge in [0, 0.05) is 30.3 Å². The first-order chi connectivity index (χ1) is 13.9. The van der Waals surface area contributed by atoms with Crippen LogP contribution in [0.2, 0.25) is 0 Å². The number of H-pyrrole nitrogens is 1. The first-order valence-electron chi connectivity index (χ1n) is 10.7. The molecule has 0 aromatic carbocycles. The maximum absolute atomic E-state index is 12.8. The molecular formula is C22H31N5O2. The standard InChI is InChI=1S/C22H31N5O2/c1-22(2,3)19-13-18(24-25-19)21(28)27-10-8-15(9-11-27)14-29-20-12-16-6-4-5-7-17(16)23-26-20/h12-13,15H,4-11,14H2,1-3H3,(H,24,25). The number of hydrogen-bond acceptors (Lipinski definition) is 5. The molecule has 0 radical (unpaired) electrons. The fraction of sp³-hybridized carbons (Fsp3) is 0.636. The van der Waals surface area contributed by atoms with E-state index in [4.69, 9.17) is 4.74 Å². The van der Waals surface area contributed by atoms with Gasteiger partial charge < -0.3 is 9.64 Å². The molecule has 2 aromatic heterocycles. The number of piperidine rings is 1. The lowest BCUT2D eigenvalue weighted by molar-refractivity contribution is 0.0653. The van der Waals surface area contributed by atoms with Gasteiger partial charge in [-0.05, 0) is 56.1 Å². The van der Waals surface area contributed by atoms with Crippen LogP contribution in [0.25, 0.3) is 0 Å². The van der Waals surface area contributed by atoms with Crippen LogP contribution in [0.15, 0.2) is 12.1 Å². The second-order valence-electron chi connectivity index (χ2n) is 9.33. The Hall–Kier alpha value is -2.44. The fourth-order valence-corrected chi connectivity index (χ4v) is 4.02. The van der Waals surface area contributed by atoms with Crippen LogP contribution in [0.3, 0.4) is 0 Å². The number of fused-ring (bicyclic) bond motifs is 1. The van der Waals surface area contributed by atoms with Gasteiger partial charge >= 0.3 is 0 Å². The predicted octanol–water partition coefficient (Wildman–Crippen LogP) is 3.31. The van der Waals surface area contributed by atoms with Crippen LogP contribution < -0.4 is 4.74 Å². The Morgan fingerprint density at radius 2 is 1.93 bits per heavy atom. The Bertz CT molecular complexity index is 862. The van der Waals surface area contributed by atoms with Crippen LogP contribution >= 0.6 is 0 Å². The molecule has 1 fully saturated rings. The minimum atomic E-state index is -0.0462. The van der Waals surface area contributed by atoms with Gasteiger partial charge in [-0.15, -0.1) is 5.10 Å². The quantitative estimate of drug-likeness (QED) is 0.856. The highest BCUT2D eigenvalue weighted by atomic mass is 16.5. The Morgan fingerprint density at radius 1 is 1.17 bits per heavy atom. The van der Waals surface area contributed by atoms with E-state index in [0.717, 1.165) is 50.2 Å². The molecule has 0 saturated carbocycles. The predicted molar refractivity (Wildman–Crippen MR) is 110 cm³/mol. The van der Waals surface area contributed by atoms with Crippen molar-refractivity contribution in [1.29, 1.82) is 0 Å². The van der Waals surface area contributed by atoms with E-state index >= 15 is 0 Å². The van der Waals surface area contributed by atoms with E-state index in [0.29, 0.717) is 24.1 Å². The molecule has 7 nitrogen and oxygen atoms in total. The molecule has 0 unspecified atom stereocenters. The summed E-state index contributed by atoms with van der Waals surface area (Å²) in [6.45, 7) is 8.42. The highest BCUT2D eigenvalue weighted by Gasteiger charge is 2.27. The molecule has 2 aromatic rings. The van der Waals surface area contributed by atoms with Crippen molar-refractivity contribution in [3.8, 4) is 5.88 Å². The summed E-state index contributed by atoms with van der Waals surface area (Å²) in [4.78, 5) is 14.7. The molecule has 0 atom stereocenters. The van der Waals surface area contributed by atoms with Crippen molar-refractivity contribution in [3.05, 3.63) is 34.8 Å². The Labute approximate surface area is 172 Å². The number of nitrogens with zero attached hydrogens (tertiary/aromatic N) is 4. The van der Waals surface area contributed by atoms with Crippen molar-refractivity contribution < 1.29 is 9.53 Å². The number of amides is 1. The first-order valence-corrected chi connectivity index (χ1v) is 10.7. The van der Waals surface area contributed by atoms with Crippen LogP contribution in [0.5, 0.6) is 5.88 Å². The largest absolute Gasteiger partial charge is 0.476 e. The van der Waals surface area contributed by atoms with Gasteiger partial charge in [0.15, 0.2) is 0 Å². The second-order valence-corrected chi connectivity index (χ2v) is 9.33. The minimum absolute atomic E-state index is 0.0108. The zero-order valence-electron chi connectivity index (χ0n) is 17.7. The smallest absolute Gasteiger partial charge is 0.274 e. The molecule has 1 saturated heterocycles. The lowest BCUT2D eigenvalue weighted by Crippen LogP contribution is -2.39. The third kappa shape index (κ3) is 4.60. The first kappa shape index (κ1) is 19.9.